The molecule has 0 aliphatic heterocycles. The first-order valence-electron chi connectivity index (χ1n) is 11.2. The lowest BCUT2D eigenvalue weighted by atomic mass is 10.0. The maximum absolute atomic E-state index is 13.1. The number of nitrogens with one attached hydrogen (secondary N) is 2. The Morgan fingerprint density at radius 1 is 1.05 bits per heavy atom. The van der Waals surface area contributed by atoms with E-state index < -0.39 is 67.4 Å². The molecule has 1 aromatic heterocycles. The van der Waals surface area contributed by atoms with Crippen LogP contribution in [0, 0.1) is 0 Å². The van der Waals surface area contributed by atoms with Crippen LogP contribution in [0.4, 0.5) is 31.1 Å². The summed E-state index contributed by atoms with van der Waals surface area (Å²) in [6.45, 7) is -2.63. The summed E-state index contributed by atoms with van der Waals surface area (Å²) in [5.74, 6) is -1.28. The molecule has 0 saturated carbocycles. The number of nitrogens with zero attached hydrogens (tertiary/aromatic N) is 3. The minimum atomic E-state index is -5.06. The molecule has 0 saturated heterocycles. The van der Waals surface area contributed by atoms with Gasteiger partial charge in [0.2, 0.25) is 5.91 Å². The Labute approximate surface area is 225 Å². The molecule has 1 heterocycles. The second kappa shape index (κ2) is 12.0. The number of hydrogen-bond acceptors (Lipinski definition) is 5. The van der Waals surface area contributed by atoms with Crippen molar-refractivity contribution in [2.75, 3.05) is 6.54 Å². The van der Waals surface area contributed by atoms with Gasteiger partial charge in [-0.05, 0) is 42.0 Å². The van der Waals surface area contributed by atoms with Crippen molar-refractivity contribution in [2.24, 2.45) is 0 Å². The molecule has 0 spiro atoms. The molecule has 216 valence electrons. The van der Waals surface area contributed by atoms with Gasteiger partial charge in [0, 0.05) is 17.1 Å². The minimum Gasteiger partial charge on any atom is -0.465 e. The standard InChI is InChI=1S/C23H20ClF6N5O5/c24-15-6-4-12(5-7-15)19-33-35(21(40)34(19)10-17(36)23(28,29)30)11-18(37)31-9-16(32-20(38)39)13-2-1-3-14(8-13)22(25,26)27/h1-8,16-17,32,36H,9-11H2,(H,31,37)(H,38,39)/t16?,17-/m0/s1. The first kappa shape index (κ1) is 30.5. The average molecular weight is 596 g/mol. The van der Waals surface area contributed by atoms with E-state index in [4.69, 9.17) is 16.7 Å². The summed E-state index contributed by atoms with van der Waals surface area (Å²) in [5, 5.41) is 27.0. The first-order chi connectivity index (χ1) is 18.6. The highest BCUT2D eigenvalue weighted by Gasteiger charge is 2.39. The monoisotopic (exact) mass is 595 g/mol. The Balaban J connectivity index is 1.84. The van der Waals surface area contributed by atoms with Gasteiger partial charge in [0.15, 0.2) is 11.9 Å². The predicted molar refractivity (Wildman–Crippen MR) is 127 cm³/mol. The van der Waals surface area contributed by atoms with Crippen molar-refractivity contribution in [3.8, 4) is 11.4 Å². The van der Waals surface area contributed by atoms with E-state index in [2.05, 4.69) is 10.4 Å². The number of hydrogen-bond donors (Lipinski definition) is 4. The highest BCUT2D eigenvalue weighted by molar-refractivity contribution is 6.30. The molecule has 17 heteroatoms. The van der Waals surface area contributed by atoms with Crippen molar-refractivity contribution < 1.29 is 46.1 Å². The van der Waals surface area contributed by atoms with Gasteiger partial charge in [-0.15, -0.1) is 5.10 Å². The number of amides is 2. The van der Waals surface area contributed by atoms with Crippen LogP contribution in [-0.2, 0) is 24.1 Å². The summed E-state index contributed by atoms with van der Waals surface area (Å²) < 4.78 is 79.2. The van der Waals surface area contributed by atoms with E-state index in [1.54, 1.807) is 0 Å². The number of alkyl halides is 6. The molecule has 40 heavy (non-hydrogen) atoms. The summed E-state index contributed by atoms with van der Waals surface area (Å²) in [7, 11) is 0. The van der Waals surface area contributed by atoms with Crippen molar-refractivity contribution in [3.63, 3.8) is 0 Å². The van der Waals surface area contributed by atoms with Gasteiger partial charge in [0.1, 0.15) is 6.54 Å². The van der Waals surface area contributed by atoms with Crippen LogP contribution in [0.25, 0.3) is 11.4 Å². The fourth-order valence-electron chi connectivity index (χ4n) is 3.54. The first-order valence-corrected chi connectivity index (χ1v) is 11.6. The van der Waals surface area contributed by atoms with Crippen LogP contribution in [0.2, 0.25) is 5.02 Å². The molecule has 2 aromatic carbocycles. The SMILES string of the molecule is O=C(O)NC(CNC(=O)Cn1nc(-c2ccc(Cl)cc2)n(C[C@H](O)C(F)(F)F)c1=O)c1cccc(C(F)(F)F)c1. The summed E-state index contributed by atoms with van der Waals surface area (Å²) >= 11 is 5.82. The van der Waals surface area contributed by atoms with E-state index in [1.807, 2.05) is 5.32 Å². The zero-order chi connectivity index (χ0) is 29.8. The topological polar surface area (TPSA) is 138 Å². The predicted octanol–water partition coefficient (Wildman–Crippen LogP) is 3.43. The molecule has 0 fully saturated rings. The van der Waals surface area contributed by atoms with E-state index in [1.165, 1.54) is 30.3 Å². The van der Waals surface area contributed by atoms with Gasteiger partial charge in [-0.1, -0.05) is 23.7 Å². The minimum absolute atomic E-state index is 0.120. The molecule has 0 bridgehead atoms. The maximum Gasteiger partial charge on any atom is 0.416 e. The Hall–Kier alpha value is -4.05. The fourth-order valence-corrected chi connectivity index (χ4v) is 3.66. The quantitative estimate of drug-likeness (QED) is 0.280. The lowest BCUT2D eigenvalue weighted by molar-refractivity contribution is -0.207. The van der Waals surface area contributed by atoms with Crippen LogP contribution in [0.15, 0.2) is 53.3 Å². The molecule has 0 radical (unpaired) electrons. The van der Waals surface area contributed by atoms with Crippen LogP contribution in [-0.4, -0.2) is 55.4 Å². The number of benzene rings is 2. The van der Waals surface area contributed by atoms with Gasteiger partial charge in [-0.3, -0.25) is 9.36 Å². The second-order valence-corrected chi connectivity index (χ2v) is 8.80. The van der Waals surface area contributed by atoms with Gasteiger partial charge >= 0.3 is 24.1 Å². The zero-order valence-electron chi connectivity index (χ0n) is 20.0. The van der Waals surface area contributed by atoms with Crippen LogP contribution < -0.4 is 16.3 Å². The fraction of sp³-hybridized carbons (Fsp3) is 0.304. The van der Waals surface area contributed by atoms with Gasteiger partial charge < -0.3 is 20.8 Å². The Bertz CT molecular complexity index is 1420. The molecular formula is C23H20ClF6N5O5. The number of aromatic nitrogens is 3. The molecule has 2 atom stereocenters. The summed E-state index contributed by atoms with van der Waals surface area (Å²) in [4.78, 5) is 36.6. The summed E-state index contributed by atoms with van der Waals surface area (Å²) in [6.07, 6.45) is -14.3. The summed E-state index contributed by atoms with van der Waals surface area (Å²) in [5.41, 5.74) is -2.21. The lowest BCUT2D eigenvalue weighted by Crippen LogP contribution is -2.41. The number of aliphatic hydroxyl groups excluding tert-OH is 1. The largest absolute Gasteiger partial charge is 0.465 e. The third-order valence-corrected chi connectivity index (χ3v) is 5.72. The Morgan fingerprint density at radius 2 is 1.70 bits per heavy atom. The molecular weight excluding hydrogens is 576 g/mol. The highest BCUT2D eigenvalue weighted by Crippen LogP contribution is 2.31. The van der Waals surface area contributed by atoms with Gasteiger partial charge in [0.05, 0.1) is 18.2 Å². The van der Waals surface area contributed by atoms with Crippen molar-refractivity contribution >= 4 is 23.6 Å². The molecule has 0 aliphatic carbocycles. The molecule has 2 amide bonds. The van der Waals surface area contributed by atoms with Crippen LogP contribution in [0.1, 0.15) is 17.2 Å². The summed E-state index contributed by atoms with van der Waals surface area (Å²) in [6, 6.07) is 7.85. The number of halogens is 7. The number of carboxylic acid groups (broad SMARTS) is 1. The third kappa shape index (κ3) is 7.75. The molecule has 10 nitrogen and oxygen atoms in total. The van der Waals surface area contributed by atoms with Gasteiger partial charge in [-0.2, -0.15) is 26.3 Å². The smallest absolute Gasteiger partial charge is 0.416 e. The van der Waals surface area contributed by atoms with Crippen molar-refractivity contribution in [1.29, 1.82) is 0 Å². The van der Waals surface area contributed by atoms with E-state index in [0.29, 0.717) is 15.3 Å². The van der Waals surface area contributed by atoms with Gasteiger partial charge in [0.25, 0.3) is 0 Å². The van der Waals surface area contributed by atoms with E-state index in [9.17, 15) is 45.8 Å². The Kier molecular flexibility index (Phi) is 9.14. The van der Waals surface area contributed by atoms with Crippen molar-refractivity contribution in [1.82, 2.24) is 25.0 Å². The number of rotatable bonds is 9. The van der Waals surface area contributed by atoms with Gasteiger partial charge in [-0.25, -0.2) is 14.3 Å². The molecule has 3 rings (SSSR count). The lowest BCUT2D eigenvalue weighted by Gasteiger charge is -2.19. The maximum atomic E-state index is 13.1. The molecule has 0 aliphatic rings. The molecule has 1 unspecified atom stereocenters. The van der Waals surface area contributed by atoms with Crippen molar-refractivity contribution in [2.45, 2.75) is 37.6 Å². The van der Waals surface area contributed by atoms with Crippen LogP contribution in [0.5, 0.6) is 0 Å². The third-order valence-electron chi connectivity index (χ3n) is 5.47. The van der Waals surface area contributed by atoms with Crippen LogP contribution >= 0.6 is 11.6 Å². The highest BCUT2D eigenvalue weighted by atomic mass is 35.5. The average Bonchev–Trinajstić information content (AvgIpc) is 3.15. The zero-order valence-corrected chi connectivity index (χ0v) is 20.8. The normalized spacial score (nSPS) is 13.5. The number of carbonyl (C=O) groups excluding carboxylic acids is 1. The van der Waals surface area contributed by atoms with E-state index in [0.717, 1.165) is 12.1 Å². The van der Waals surface area contributed by atoms with Crippen LogP contribution in [0.3, 0.4) is 0 Å². The molecule has 3 aromatic rings. The Morgan fingerprint density at radius 3 is 2.27 bits per heavy atom. The number of aliphatic hydroxyl groups is 1. The second-order valence-electron chi connectivity index (χ2n) is 8.37. The van der Waals surface area contributed by atoms with Crippen molar-refractivity contribution in [3.05, 3.63) is 75.2 Å². The van der Waals surface area contributed by atoms with E-state index in [-0.39, 0.29) is 22.0 Å². The molecule has 4 N–H and O–H groups in total. The number of carbonyl (C=O) groups is 2. The van der Waals surface area contributed by atoms with E-state index >= 15 is 0 Å².